The van der Waals surface area contributed by atoms with Crippen molar-refractivity contribution in [2.75, 3.05) is 27.7 Å². The molecule has 0 bridgehead atoms. The van der Waals surface area contributed by atoms with Crippen LogP contribution in [0.15, 0.2) is 59.6 Å². The Morgan fingerprint density at radius 2 is 1.76 bits per heavy atom. The molecule has 2 aromatic rings. The zero-order chi connectivity index (χ0) is 18.2. The van der Waals surface area contributed by atoms with Gasteiger partial charge in [0.15, 0.2) is 5.96 Å². The Bertz CT molecular complexity index is 685. The maximum absolute atomic E-state index is 13.5. The lowest BCUT2D eigenvalue weighted by Gasteiger charge is -2.27. The van der Waals surface area contributed by atoms with Crippen molar-refractivity contribution in [3.63, 3.8) is 0 Å². The number of aliphatic imine (C=N–C) groups is 1. The summed E-state index contributed by atoms with van der Waals surface area (Å²) < 4.78 is 13.5. The largest absolute Gasteiger partial charge is 0.354 e. The van der Waals surface area contributed by atoms with E-state index in [1.54, 1.807) is 19.2 Å². The number of rotatable bonds is 6. The zero-order valence-electron chi connectivity index (χ0n) is 15.3. The summed E-state index contributed by atoms with van der Waals surface area (Å²) in [5.74, 6) is 0.504. The third-order valence-electron chi connectivity index (χ3n) is 4.20. The van der Waals surface area contributed by atoms with Gasteiger partial charge in [-0.2, -0.15) is 0 Å². The number of nitrogens with one attached hydrogen (secondary N) is 2. The van der Waals surface area contributed by atoms with Gasteiger partial charge in [-0.3, -0.25) is 4.99 Å². The third kappa shape index (κ3) is 5.57. The van der Waals surface area contributed by atoms with E-state index in [1.807, 2.05) is 38.4 Å². The predicted octanol–water partition coefficient (Wildman–Crippen LogP) is 3.35. The van der Waals surface area contributed by atoms with E-state index in [2.05, 4.69) is 39.6 Å². The Morgan fingerprint density at radius 1 is 1.08 bits per heavy atom. The van der Waals surface area contributed by atoms with Gasteiger partial charge in [0.25, 0.3) is 0 Å². The highest BCUT2D eigenvalue weighted by atomic mass is 19.1. The maximum Gasteiger partial charge on any atom is 0.191 e. The van der Waals surface area contributed by atoms with Gasteiger partial charge in [-0.25, -0.2) is 4.39 Å². The number of hydrogen-bond acceptors (Lipinski definition) is 2. The van der Waals surface area contributed by atoms with Crippen molar-refractivity contribution in [1.29, 1.82) is 0 Å². The SMILES string of the molecule is CN=C(NCC(c1cccc(F)c1)N(C)C)NC(C)c1ccccc1. The summed E-state index contributed by atoms with van der Waals surface area (Å²) >= 11 is 0. The Morgan fingerprint density at radius 3 is 2.36 bits per heavy atom. The Labute approximate surface area is 149 Å². The molecule has 0 aliphatic rings. The molecule has 0 amide bonds. The number of nitrogens with zero attached hydrogens (tertiary/aromatic N) is 2. The molecule has 0 saturated carbocycles. The second-order valence-corrected chi connectivity index (χ2v) is 6.26. The van der Waals surface area contributed by atoms with Gasteiger partial charge in [-0.15, -0.1) is 0 Å². The molecule has 0 saturated heterocycles. The van der Waals surface area contributed by atoms with Crippen molar-refractivity contribution in [2.24, 2.45) is 4.99 Å². The van der Waals surface area contributed by atoms with Crippen LogP contribution in [0.25, 0.3) is 0 Å². The van der Waals surface area contributed by atoms with Gasteiger partial charge < -0.3 is 15.5 Å². The minimum atomic E-state index is -0.218. The molecule has 5 heteroatoms. The van der Waals surface area contributed by atoms with Crippen molar-refractivity contribution < 1.29 is 4.39 Å². The van der Waals surface area contributed by atoms with Crippen LogP contribution in [0.1, 0.15) is 30.1 Å². The molecule has 0 spiro atoms. The van der Waals surface area contributed by atoms with Gasteiger partial charge in [0, 0.05) is 13.6 Å². The summed E-state index contributed by atoms with van der Waals surface area (Å²) in [6.07, 6.45) is 0. The van der Waals surface area contributed by atoms with Gasteiger partial charge in [0.05, 0.1) is 12.1 Å². The Balaban J connectivity index is 2.00. The van der Waals surface area contributed by atoms with Crippen LogP contribution in [-0.2, 0) is 0 Å². The molecule has 0 aromatic heterocycles. The summed E-state index contributed by atoms with van der Waals surface area (Å²) in [6.45, 7) is 2.72. The highest BCUT2D eigenvalue weighted by Crippen LogP contribution is 2.18. The summed E-state index contributed by atoms with van der Waals surface area (Å²) in [4.78, 5) is 6.36. The fourth-order valence-electron chi connectivity index (χ4n) is 2.73. The lowest BCUT2D eigenvalue weighted by Crippen LogP contribution is -2.42. The highest BCUT2D eigenvalue weighted by molar-refractivity contribution is 5.80. The summed E-state index contributed by atoms with van der Waals surface area (Å²) in [7, 11) is 5.72. The minimum Gasteiger partial charge on any atom is -0.354 e. The van der Waals surface area contributed by atoms with Crippen molar-refractivity contribution in [3.05, 3.63) is 71.5 Å². The zero-order valence-corrected chi connectivity index (χ0v) is 15.3. The monoisotopic (exact) mass is 342 g/mol. The normalized spacial score (nSPS) is 14.2. The third-order valence-corrected chi connectivity index (χ3v) is 4.20. The number of guanidine groups is 1. The molecular formula is C20H27FN4. The first-order chi connectivity index (χ1) is 12.0. The summed E-state index contributed by atoms with van der Waals surface area (Å²) in [5.41, 5.74) is 2.13. The molecule has 0 aliphatic carbocycles. The van der Waals surface area contributed by atoms with E-state index < -0.39 is 0 Å². The average molecular weight is 342 g/mol. The first-order valence-electron chi connectivity index (χ1n) is 8.45. The lowest BCUT2D eigenvalue weighted by atomic mass is 10.1. The molecule has 2 rings (SSSR count). The molecule has 0 heterocycles. The molecule has 134 valence electrons. The maximum atomic E-state index is 13.5. The molecule has 0 radical (unpaired) electrons. The first-order valence-corrected chi connectivity index (χ1v) is 8.45. The van der Waals surface area contributed by atoms with E-state index in [0.29, 0.717) is 6.54 Å². The van der Waals surface area contributed by atoms with Crippen LogP contribution in [0.5, 0.6) is 0 Å². The van der Waals surface area contributed by atoms with Crippen molar-refractivity contribution in [2.45, 2.75) is 19.0 Å². The van der Waals surface area contributed by atoms with Crippen molar-refractivity contribution in [3.8, 4) is 0 Å². The van der Waals surface area contributed by atoms with Gasteiger partial charge >= 0.3 is 0 Å². The molecular weight excluding hydrogens is 315 g/mol. The second-order valence-electron chi connectivity index (χ2n) is 6.26. The van der Waals surface area contributed by atoms with Gasteiger partial charge in [0.2, 0.25) is 0 Å². The fraction of sp³-hybridized carbons (Fsp3) is 0.350. The molecule has 25 heavy (non-hydrogen) atoms. The van der Waals surface area contributed by atoms with E-state index in [1.165, 1.54) is 11.6 Å². The molecule has 2 aromatic carbocycles. The topological polar surface area (TPSA) is 39.7 Å². The Kier molecular flexibility index (Phi) is 6.95. The van der Waals surface area contributed by atoms with Crippen LogP contribution < -0.4 is 10.6 Å². The van der Waals surface area contributed by atoms with Gasteiger partial charge in [-0.1, -0.05) is 42.5 Å². The van der Waals surface area contributed by atoms with Crippen LogP contribution in [0, 0.1) is 5.82 Å². The standard InChI is InChI=1S/C20H27FN4/c1-15(16-9-6-5-7-10-16)24-20(22-2)23-14-19(25(3)4)17-11-8-12-18(21)13-17/h5-13,15,19H,14H2,1-4H3,(H2,22,23,24). The van der Waals surface area contributed by atoms with Crippen molar-refractivity contribution >= 4 is 5.96 Å². The van der Waals surface area contributed by atoms with E-state index in [9.17, 15) is 4.39 Å². The predicted molar refractivity (Wildman–Crippen MR) is 102 cm³/mol. The fourth-order valence-corrected chi connectivity index (χ4v) is 2.73. The van der Waals surface area contributed by atoms with Gasteiger partial charge in [0.1, 0.15) is 5.82 Å². The molecule has 4 nitrogen and oxygen atoms in total. The number of benzene rings is 2. The molecule has 2 N–H and O–H groups in total. The van der Waals surface area contributed by atoms with Crippen LogP contribution in [0.2, 0.25) is 0 Å². The summed E-state index contributed by atoms with van der Waals surface area (Å²) in [5, 5.41) is 6.73. The Hall–Kier alpha value is -2.40. The highest BCUT2D eigenvalue weighted by Gasteiger charge is 2.16. The molecule has 0 aliphatic heterocycles. The molecule has 2 atom stereocenters. The van der Waals surface area contributed by atoms with E-state index in [-0.39, 0.29) is 17.9 Å². The number of halogens is 1. The van der Waals surface area contributed by atoms with Crippen molar-refractivity contribution in [1.82, 2.24) is 15.5 Å². The van der Waals surface area contributed by atoms with Crippen LogP contribution >= 0.6 is 0 Å². The first kappa shape index (κ1) is 18.9. The molecule has 2 unspecified atom stereocenters. The average Bonchev–Trinajstić information content (AvgIpc) is 2.61. The van der Waals surface area contributed by atoms with Crippen LogP contribution in [-0.4, -0.2) is 38.5 Å². The number of likely N-dealkylation sites (N-methyl/N-ethyl adjacent to an activating group) is 1. The minimum absolute atomic E-state index is 0.0429. The smallest absolute Gasteiger partial charge is 0.191 e. The van der Waals surface area contributed by atoms with E-state index >= 15 is 0 Å². The molecule has 0 fully saturated rings. The van der Waals surface area contributed by atoms with Crippen LogP contribution in [0.3, 0.4) is 0 Å². The lowest BCUT2D eigenvalue weighted by molar-refractivity contribution is 0.297. The van der Waals surface area contributed by atoms with E-state index in [0.717, 1.165) is 11.5 Å². The summed E-state index contributed by atoms with van der Waals surface area (Å²) in [6, 6.07) is 17.1. The van der Waals surface area contributed by atoms with Crippen LogP contribution in [0.4, 0.5) is 4.39 Å². The second kappa shape index (κ2) is 9.18. The quantitative estimate of drug-likeness (QED) is 0.625. The number of hydrogen-bond donors (Lipinski definition) is 2. The van der Waals surface area contributed by atoms with Gasteiger partial charge in [-0.05, 0) is 44.3 Å². The van der Waals surface area contributed by atoms with E-state index in [4.69, 9.17) is 0 Å².